The Morgan fingerprint density at radius 2 is 0.763 bits per heavy atom. The maximum atomic E-state index is 7.04. The quantitative estimate of drug-likeness (QED) is 0.109. The van der Waals surface area contributed by atoms with E-state index in [9.17, 15) is 0 Å². The SMILES string of the molecule is CSc1cc2c3c(c1)Oc1cc4c(cc1B3c1ccccc1O2)B1c2cc3c(cc2N(SC)c2cc(SC)cc(c21)O4)Oc1cc(SC)cc2c1B3c1ccccc1O2. The van der Waals surface area contributed by atoms with Crippen LogP contribution in [0.15, 0.2) is 124 Å². The van der Waals surface area contributed by atoms with Crippen LogP contribution >= 0.6 is 47.2 Å². The fraction of sp³-hybridized carbons (Fsp3) is 0.0870. The van der Waals surface area contributed by atoms with Gasteiger partial charge in [0.25, 0.3) is 20.1 Å². The van der Waals surface area contributed by atoms with Crippen molar-refractivity contribution in [2.45, 2.75) is 14.7 Å². The Bertz CT molecular complexity index is 3050. The van der Waals surface area contributed by atoms with Gasteiger partial charge in [0, 0.05) is 44.0 Å². The highest BCUT2D eigenvalue weighted by Crippen LogP contribution is 2.46. The zero-order valence-corrected chi connectivity index (χ0v) is 35.5. The average molecular weight is 837 g/mol. The smallest absolute Gasteiger partial charge is 0.260 e. The Labute approximate surface area is 360 Å². The Morgan fingerprint density at radius 1 is 0.356 bits per heavy atom. The van der Waals surface area contributed by atoms with Crippen LogP contribution in [0.5, 0.6) is 57.5 Å². The van der Waals surface area contributed by atoms with Gasteiger partial charge in [0.1, 0.15) is 57.5 Å². The lowest BCUT2D eigenvalue weighted by molar-refractivity contribution is 0.454. The van der Waals surface area contributed by atoms with Crippen LogP contribution < -0.4 is 77.2 Å². The normalized spacial score (nSPS) is 14.6. The third kappa shape index (κ3) is 4.81. The summed E-state index contributed by atoms with van der Waals surface area (Å²) in [6.07, 6.45) is 8.45. The molecule has 0 amide bonds. The van der Waals surface area contributed by atoms with Crippen molar-refractivity contribution in [2.75, 3.05) is 29.3 Å². The number of rotatable bonds is 4. The van der Waals surface area contributed by atoms with Gasteiger partial charge in [0.2, 0.25) is 0 Å². The summed E-state index contributed by atoms with van der Waals surface area (Å²) in [5.74, 6) is 8.48. The van der Waals surface area contributed by atoms with Crippen molar-refractivity contribution in [3.63, 3.8) is 0 Å². The molecule has 282 valence electrons. The minimum Gasteiger partial charge on any atom is -0.458 e. The molecule has 6 aliphatic heterocycles. The largest absolute Gasteiger partial charge is 0.458 e. The van der Waals surface area contributed by atoms with Gasteiger partial charge in [-0.05, 0) is 117 Å². The molecule has 0 unspecified atom stereocenters. The van der Waals surface area contributed by atoms with Crippen LogP contribution in [0.25, 0.3) is 0 Å². The minimum absolute atomic E-state index is 0.0616. The van der Waals surface area contributed by atoms with Gasteiger partial charge in [-0.2, -0.15) is 0 Å². The third-order valence-corrected chi connectivity index (χ3v) is 15.4. The Kier molecular flexibility index (Phi) is 7.50. The maximum absolute atomic E-state index is 7.04. The molecular formula is C46H30B3NO5S4. The maximum Gasteiger partial charge on any atom is 0.260 e. The van der Waals surface area contributed by atoms with Crippen molar-refractivity contribution in [2.24, 2.45) is 0 Å². The molecule has 59 heavy (non-hydrogen) atoms. The molecule has 0 atom stereocenters. The van der Waals surface area contributed by atoms with Crippen LogP contribution in [0.1, 0.15) is 0 Å². The number of fused-ring (bicyclic) bond motifs is 12. The monoisotopic (exact) mass is 837 g/mol. The Morgan fingerprint density at radius 3 is 1.25 bits per heavy atom. The molecule has 6 nitrogen and oxygen atoms in total. The second-order valence-electron chi connectivity index (χ2n) is 15.4. The molecule has 0 fully saturated rings. The third-order valence-electron chi connectivity index (χ3n) is 12.5. The van der Waals surface area contributed by atoms with Gasteiger partial charge in [-0.25, -0.2) is 0 Å². The fourth-order valence-corrected chi connectivity index (χ4v) is 12.1. The van der Waals surface area contributed by atoms with E-state index >= 15 is 0 Å². The molecule has 0 spiro atoms. The minimum atomic E-state index is -0.127. The van der Waals surface area contributed by atoms with E-state index in [0.29, 0.717) is 0 Å². The number of hydrogen-bond donors (Lipinski definition) is 0. The molecule has 6 aliphatic rings. The number of anilines is 2. The lowest BCUT2D eigenvalue weighted by Crippen LogP contribution is -2.64. The van der Waals surface area contributed by atoms with E-state index in [1.807, 2.05) is 6.07 Å². The van der Waals surface area contributed by atoms with E-state index in [-0.39, 0.29) is 20.1 Å². The van der Waals surface area contributed by atoms with Crippen LogP contribution in [0.4, 0.5) is 11.4 Å². The molecule has 13 heteroatoms. The van der Waals surface area contributed by atoms with Crippen molar-refractivity contribution in [1.29, 1.82) is 0 Å². The summed E-state index contributed by atoms with van der Waals surface area (Å²) in [7, 11) is 0. The van der Waals surface area contributed by atoms with E-state index in [0.717, 1.165) is 122 Å². The molecular weight excluding hydrogens is 807 g/mol. The predicted octanol–water partition coefficient (Wildman–Crippen LogP) is 6.66. The standard InChI is InChI=1S/C46H30B3NO5S4/c1-56-23-13-33-44-39(14-23)54-38-22-37-30(48-27-10-6-8-12-35(27)52-41-16-25(58-3)18-43(55-37)46(41)48)20-31(38)49(44)28-19-29-36(21-32(28)50(33)59-4)53-42-17-24(57-2)15-40-45(42)47(29)26-9-5-7-11-34(26)51-40/h5-22H,1-4H3. The lowest BCUT2D eigenvalue weighted by atomic mass is 9.30. The summed E-state index contributed by atoms with van der Waals surface area (Å²) in [5, 5.41) is 0. The summed E-state index contributed by atoms with van der Waals surface area (Å²) in [6, 6.07) is 39.2. The lowest BCUT2D eigenvalue weighted by Gasteiger charge is -2.41. The van der Waals surface area contributed by atoms with Gasteiger partial charge in [0.05, 0.1) is 11.4 Å². The number of para-hydroxylation sites is 2. The first kappa shape index (κ1) is 34.8. The van der Waals surface area contributed by atoms with Crippen molar-refractivity contribution < 1.29 is 23.7 Å². The first-order valence-corrected chi connectivity index (χ1v) is 24.3. The average Bonchev–Trinajstić information content (AvgIpc) is 3.27. The molecule has 7 aromatic carbocycles. The summed E-state index contributed by atoms with van der Waals surface area (Å²) in [6.45, 7) is -0.260. The van der Waals surface area contributed by atoms with Crippen LogP contribution in [0.3, 0.4) is 0 Å². The summed E-state index contributed by atoms with van der Waals surface area (Å²) >= 11 is 6.81. The molecule has 0 bridgehead atoms. The Hall–Kier alpha value is -5.07. The summed E-state index contributed by atoms with van der Waals surface area (Å²) in [5.41, 5.74) is 12.4. The van der Waals surface area contributed by atoms with E-state index in [1.165, 1.54) is 10.9 Å². The van der Waals surface area contributed by atoms with Gasteiger partial charge in [-0.1, -0.05) is 48.5 Å². The highest BCUT2D eigenvalue weighted by atomic mass is 32.2. The zero-order chi connectivity index (χ0) is 39.3. The zero-order valence-electron chi connectivity index (χ0n) is 32.2. The number of hydrogen-bond acceptors (Lipinski definition) is 10. The van der Waals surface area contributed by atoms with Crippen LogP contribution in [-0.4, -0.2) is 45.2 Å². The molecule has 0 saturated carbocycles. The van der Waals surface area contributed by atoms with Gasteiger partial charge < -0.3 is 23.7 Å². The van der Waals surface area contributed by atoms with Gasteiger partial charge >= 0.3 is 0 Å². The molecule has 0 N–H and O–H groups in total. The Balaban J connectivity index is 1.07. The van der Waals surface area contributed by atoms with Gasteiger partial charge in [0.15, 0.2) is 0 Å². The van der Waals surface area contributed by atoms with E-state index < -0.39 is 0 Å². The van der Waals surface area contributed by atoms with Gasteiger partial charge in [-0.3, -0.25) is 4.31 Å². The molecule has 0 saturated heterocycles. The van der Waals surface area contributed by atoms with Crippen LogP contribution in [-0.2, 0) is 0 Å². The highest BCUT2D eigenvalue weighted by molar-refractivity contribution is 8.00. The summed E-state index contributed by atoms with van der Waals surface area (Å²) in [4.78, 5) is 3.34. The predicted molar refractivity (Wildman–Crippen MR) is 250 cm³/mol. The number of benzene rings is 7. The molecule has 0 radical (unpaired) electrons. The molecule has 6 heterocycles. The van der Waals surface area contributed by atoms with Crippen molar-refractivity contribution >= 4 is 128 Å². The number of nitrogens with zero attached hydrogens (tertiary/aromatic N) is 1. The molecule has 7 aromatic rings. The highest BCUT2D eigenvalue weighted by Gasteiger charge is 2.48. The van der Waals surface area contributed by atoms with Gasteiger partial charge in [-0.15, -0.1) is 35.3 Å². The number of thioether (sulfide) groups is 3. The molecule has 0 aliphatic carbocycles. The van der Waals surface area contributed by atoms with Crippen molar-refractivity contribution in [1.82, 2.24) is 0 Å². The first-order valence-electron chi connectivity index (χ1n) is 19.4. The molecule has 13 rings (SSSR count). The van der Waals surface area contributed by atoms with E-state index in [1.54, 1.807) is 47.2 Å². The van der Waals surface area contributed by atoms with Crippen molar-refractivity contribution in [3.05, 3.63) is 109 Å². The second kappa shape index (κ2) is 12.7. The second-order valence-corrected chi connectivity index (χ2v) is 18.7. The topological polar surface area (TPSA) is 49.4 Å². The van der Waals surface area contributed by atoms with E-state index in [4.69, 9.17) is 23.7 Å². The van der Waals surface area contributed by atoms with Crippen molar-refractivity contribution in [3.8, 4) is 57.5 Å². The first-order chi connectivity index (χ1) is 29.0. The fourth-order valence-electron chi connectivity index (χ4n) is 10.1. The summed E-state index contributed by atoms with van der Waals surface area (Å²) < 4.78 is 36.5. The van der Waals surface area contributed by atoms with E-state index in [2.05, 4.69) is 132 Å². The number of ether oxygens (including phenoxy) is 5. The van der Waals surface area contributed by atoms with Crippen LogP contribution in [0.2, 0.25) is 0 Å². The molecule has 0 aromatic heterocycles. The van der Waals surface area contributed by atoms with Crippen LogP contribution in [0, 0.1) is 0 Å².